The number of fused-ring (bicyclic) bond motifs is 1. The predicted molar refractivity (Wildman–Crippen MR) is 87.5 cm³/mol. The van der Waals surface area contributed by atoms with Crippen LogP contribution in [0.2, 0.25) is 0 Å². The highest BCUT2D eigenvalue weighted by molar-refractivity contribution is 6.08. The highest BCUT2D eigenvalue weighted by Gasteiger charge is 2.30. The molecule has 1 atom stereocenters. The van der Waals surface area contributed by atoms with Crippen LogP contribution in [0.5, 0.6) is 0 Å². The summed E-state index contributed by atoms with van der Waals surface area (Å²) < 4.78 is 7.29. The van der Waals surface area contributed by atoms with E-state index in [0.717, 1.165) is 31.5 Å². The van der Waals surface area contributed by atoms with E-state index in [1.165, 1.54) is 0 Å². The van der Waals surface area contributed by atoms with Crippen LogP contribution in [0.1, 0.15) is 53.8 Å². The third kappa shape index (κ3) is 3.07. The molecule has 1 aromatic heterocycles. The van der Waals surface area contributed by atoms with E-state index in [9.17, 15) is 9.59 Å². The number of carbonyl (C=O) groups excluding carboxylic acids is 2. The van der Waals surface area contributed by atoms with Crippen LogP contribution in [0, 0.1) is 0 Å². The quantitative estimate of drug-likeness (QED) is 0.627. The number of ketones is 1. The molecule has 0 N–H and O–H groups in total. The van der Waals surface area contributed by atoms with Crippen LogP contribution in [0.25, 0.3) is 0 Å². The molecule has 0 bridgehead atoms. The lowest BCUT2D eigenvalue weighted by molar-refractivity contribution is -0.146. The molecule has 4 nitrogen and oxygen atoms in total. The average molecular weight is 311 g/mol. The molecule has 1 aromatic carbocycles. The van der Waals surface area contributed by atoms with Gasteiger partial charge < -0.3 is 9.30 Å². The Bertz CT molecular complexity index is 703. The second kappa shape index (κ2) is 6.82. The first kappa shape index (κ1) is 15.5. The average Bonchev–Trinajstić information content (AvgIpc) is 3.03. The Morgan fingerprint density at radius 2 is 1.96 bits per heavy atom. The van der Waals surface area contributed by atoms with Gasteiger partial charge in [-0.15, -0.1) is 0 Å². The largest absolute Gasteiger partial charge is 0.465 e. The maximum Gasteiger partial charge on any atom is 0.314 e. The maximum atomic E-state index is 12.7. The minimum Gasteiger partial charge on any atom is -0.465 e. The Morgan fingerprint density at radius 1 is 1.17 bits per heavy atom. The van der Waals surface area contributed by atoms with Crippen molar-refractivity contribution in [3.05, 3.63) is 59.4 Å². The summed E-state index contributed by atoms with van der Waals surface area (Å²) in [5, 5.41) is 0. The summed E-state index contributed by atoms with van der Waals surface area (Å²) in [4.78, 5) is 24.9. The van der Waals surface area contributed by atoms with E-state index in [-0.39, 0.29) is 17.7 Å². The molecular weight excluding hydrogens is 290 g/mol. The monoisotopic (exact) mass is 311 g/mol. The summed E-state index contributed by atoms with van der Waals surface area (Å²) in [6.45, 7) is 3.20. The minimum atomic E-state index is -0.257. The molecule has 4 heteroatoms. The molecular formula is C19H21NO3. The first-order valence-electron chi connectivity index (χ1n) is 8.18. The molecule has 1 aliphatic rings. The van der Waals surface area contributed by atoms with Crippen molar-refractivity contribution in [3.8, 4) is 0 Å². The van der Waals surface area contributed by atoms with Crippen LogP contribution in [-0.2, 0) is 16.1 Å². The second-order valence-corrected chi connectivity index (χ2v) is 5.85. The number of ether oxygens (including phenoxy) is 1. The number of benzene rings is 1. The Hall–Kier alpha value is -2.36. The van der Waals surface area contributed by atoms with Gasteiger partial charge in [-0.2, -0.15) is 0 Å². The van der Waals surface area contributed by atoms with Gasteiger partial charge in [0.15, 0.2) is 0 Å². The lowest BCUT2D eigenvalue weighted by atomic mass is 9.96. The Balaban J connectivity index is 1.88. The lowest BCUT2D eigenvalue weighted by Gasteiger charge is -2.24. The highest BCUT2D eigenvalue weighted by Crippen LogP contribution is 2.31. The second-order valence-electron chi connectivity index (χ2n) is 5.85. The molecule has 1 unspecified atom stereocenters. The fourth-order valence-corrected chi connectivity index (χ4v) is 3.12. The van der Waals surface area contributed by atoms with Gasteiger partial charge in [0, 0.05) is 17.8 Å². The smallest absolute Gasteiger partial charge is 0.314 e. The van der Waals surface area contributed by atoms with E-state index >= 15 is 0 Å². The molecule has 0 spiro atoms. The van der Waals surface area contributed by atoms with Gasteiger partial charge in [-0.1, -0.05) is 37.3 Å². The van der Waals surface area contributed by atoms with Gasteiger partial charge in [0.2, 0.25) is 5.78 Å². The molecule has 23 heavy (non-hydrogen) atoms. The van der Waals surface area contributed by atoms with Crippen LogP contribution in [0.15, 0.2) is 42.5 Å². The summed E-state index contributed by atoms with van der Waals surface area (Å²) in [7, 11) is 0. The Labute approximate surface area is 136 Å². The fourth-order valence-electron chi connectivity index (χ4n) is 3.12. The molecule has 3 rings (SSSR count). The van der Waals surface area contributed by atoms with Crippen molar-refractivity contribution in [1.29, 1.82) is 0 Å². The van der Waals surface area contributed by atoms with Crippen molar-refractivity contribution in [1.82, 2.24) is 4.57 Å². The molecule has 1 aliphatic heterocycles. The van der Waals surface area contributed by atoms with Gasteiger partial charge in [0.25, 0.3) is 0 Å². The van der Waals surface area contributed by atoms with Crippen LogP contribution in [0.3, 0.4) is 0 Å². The minimum absolute atomic E-state index is 0.000532. The molecule has 0 saturated heterocycles. The van der Waals surface area contributed by atoms with Crippen molar-refractivity contribution in [2.75, 3.05) is 6.61 Å². The van der Waals surface area contributed by atoms with Crippen molar-refractivity contribution in [2.24, 2.45) is 0 Å². The molecule has 2 heterocycles. The first-order chi connectivity index (χ1) is 11.2. The predicted octanol–water partition coefficient (Wildman–Crippen LogP) is 3.55. The normalized spacial score (nSPS) is 16.7. The third-order valence-electron chi connectivity index (χ3n) is 4.25. The molecule has 0 fully saturated rings. The summed E-state index contributed by atoms with van der Waals surface area (Å²) in [5.74, 6) is -0.434. The van der Waals surface area contributed by atoms with E-state index in [4.69, 9.17) is 4.74 Å². The lowest BCUT2D eigenvalue weighted by Crippen LogP contribution is -2.25. The summed E-state index contributed by atoms with van der Waals surface area (Å²) in [5.41, 5.74) is 2.22. The topological polar surface area (TPSA) is 48.3 Å². The fraction of sp³-hybridized carbons (Fsp3) is 0.368. The van der Waals surface area contributed by atoms with E-state index < -0.39 is 0 Å². The van der Waals surface area contributed by atoms with Crippen molar-refractivity contribution in [3.63, 3.8) is 0 Å². The number of carbonyl (C=O) groups is 2. The van der Waals surface area contributed by atoms with E-state index in [1.54, 1.807) is 0 Å². The maximum absolute atomic E-state index is 12.7. The number of hydrogen-bond acceptors (Lipinski definition) is 3. The SMILES string of the molecule is CCCOC(=O)C1CCCn2c(C(=O)c3ccccc3)ccc21. The zero-order valence-electron chi connectivity index (χ0n) is 13.3. The van der Waals surface area contributed by atoms with Gasteiger partial charge in [-0.25, -0.2) is 0 Å². The van der Waals surface area contributed by atoms with Gasteiger partial charge in [0.05, 0.1) is 18.2 Å². The van der Waals surface area contributed by atoms with Crippen LogP contribution in [0.4, 0.5) is 0 Å². The Morgan fingerprint density at radius 3 is 2.70 bits per heavy atom. The molecule has 0 radical (unpaired) electrons. The molecule has 0 aliphatic carbocycles. The number of aromatic nitrogens is 1. The molecule has 2 aromatic rings. The number of nitrogens with zero attached hydrogens (tertiary/aromatic N) is 1. The van der Waals surface area contributed by atoms with Gasteiger partial charge >= 0.3 is 5.97 Å². The molecule has 120 valence electrons. The van der Waals surface area contributed by atoms with Crippen molar-refractivity contribution >= 4 is 11.8 Å². The summed E-state index contributed by atoms with van der Waals surface area (Å²) in [6.07, 6.45) is 2.48. The van der Waals surface area contributed by atoms with Crippen LogP contribution >= 0.6 is 0 Å². The standard InChI is InChI=1S/C19H21NO3/c1-2-13-23-19(22)15-9-6-12-20-16(15)10-11-17(20)18(21)14-7-4-3-5-8-14/h3-5,7-8,10-11,15H,2,6,9,12-13H2,1H3. The zero-order valence-corrected chi connectivity index (χ0v) is 13.3. The number of rotatable bonds is 5. The molecule has 0 saturated carbocycles. The van der Waals surface area contributed by atoms with Crippen molar-refractivity contribution in [2.45, 2.75) is 38.6 Å². The number of hydrogen-bond donors (Lipinski definition) is 0. The van der Waals surface area contributed by atoms with E-state index in [0.29, 0.717) is 17.9 Å². The first-order valence-corrected chi connectivity index (χ1v) is 8.18. The van der Waals surface area contributed by atoms with Crippen LogP contribution < -0.4 is 0 Å². The van der Waals surface area contributed by atoms with Crippen LogP contribution in [-0.4, -0.2) is 22.9 Å². The van der Waals surface area contributed by atoms with E-state index in [2.05, 4.69) is 0 Å². The third-order valence-corrected chi connectivity index (χ3v) is 4.25. The molecule has 0 amide bonds. The van der Waals surface area contributed by atoms with Gasteiger partial charge in [-0.05, 0) is 31.4 Å². The van der Waals surface area contributed by atoms with Gasteiger partial charge in [0.1, 0.15) is 0 Å². The Kier molecular flexibility index (Phi) is 4.60. The number of esters is 1. The summed E-state index contributed by atoms with van der Waals surface area (Å²) in [6, 6.07) is 13.0. The van der Waals surface area contributed by atoms with E-state index in [1.807, 2.05) is 54.0 Å². The summed E-state index contributed by atoms with van der Waals surface area (Å²) >= 11 is 0. The highest BCUT2D eigenvalue weighted by atomic mass is 16.5. The zero-order chi connectivity index (χ0) is 16.2. The van der Waals surface area contributed by atoms with Gasteiger partial charge in [-0.3, -0.25) is 9.59 Å². The van der Waals surface area contributed by atoms with Crippen molar-refractivity contribution < 1.29 is 14.3 Å².